The highest BCUT2D eigenvalue weighted by atomic mass is 16.5. The Hall–Kier alpha value is -3.57. The smallest absolute Gasteiger partial charge is 0.223 e. The SMILES string of the molecule is CCN1CCN(C(=O)CC(c2cccc(OCc3ccccc3)c2)c2c[nH]c3ccccc23)CC1. The fourth-order valence-electron chi connectivity index (χ4n) is 4.97. The van der Waals surface area contributed by atoms with Gasteiger partial charge in [0, 0.05) is 55.6 Å². The highest BCUT2D eigenvalue weighted by Gasteiger charge is 2.26. The summed E-state index contributed by atoms with van der Waals surface area (Å²) in [5, 5.41) is 1.16. The fourth-order valence-corrected chi connectivity index (χ4v) is 4.97. The lowest BCUT2D eigenvalue weighted by molar-refractivity contribution is -0.133. The summed E-state index contributed by atoms with van der Waals surface area (Å²) in [6, 6.07) is 26.7. The number of carbonyl (C=O) groups is 1. The first-order valence-electron chi connectivity index (χ1n) is 12.5. The number of piperazine rings is 1. The molecule has 3 aromatic carbocycles. The number of hydrogen-bond donors (Lipinski definition) is 1. The molecule has 1 atom stereocenters. The molecule has 1 amide bonds. The van der Waals surface area contributed by atoms with Crippen LogP contribution >= 0.6 is 0 Å². The van der Waals surface area contributed by atoms with Gasteiger partial charge in [0.05, 0.1) is 0 Å². The van der Waals surface area contributed by atoms with Crippen molar-refractivity contribution in [1.29, 1.82) is 0 Å². The lowest BCUT2D eigenvalue weighted by Gasteiger charge is -2.35. The second-order valence-corrected chi connectivity index (χ2v) is 9.21. The molecule has 0 spiro atoms. The molecule has 5 nitrogen and oxygen atoms in total. The lowest BCUT2D eigenvalue weighted by Crippen LogP contribution is -2.48. The number of para-hydroxylation sites is 1. The number of H-pyrrole nitrogens is 1. The molecule has 1 aromatic heterocycles. The van der Waals surface area contributed by atoms with Crippen molar-refractivity contribution in [3.05, 3.63) is 102 Å². The van der Waals surface area contributed by atoms with Gasteiger partial charge < -0.3 is 19.5 Å². The van der Waals surface area contributed by atoms with Gasteiger partial charge in [0.25, 0.3) is 0 Å². The summed E-state index contributed by atoms with van der Waals surface area (Å²) in [6.45, 7) is 7.22. The Balaban J connectivity index is 1.41. The predicted octanol–water partition coefficient (Wildman–Crippen LogP) is 5.43. The van der Waals surface area contributed by atoms with E-state index in [0.29, 0.717) is 13.0 Å². The summed E-state index contributed by atoms with van der Waals surface area (Å²) < 4.78 is 6.12. The van der Waals surface area contributed by atoms with E-state index in [1.165, 1.54) is 0 Å². The van der Waals surface area contributed by atoms with E-state index in [4.69, 9.17) is 4.74 Å². The molecule has 0 saturated carbocycles. The van der Waals surface area contributed by atoms with E-state index in [9.17, 15) is 4.79 Å². The van der Waals surface area contributed by atoms with Crippen LogP contribution in [-0.4, -0.2) is 53.4 Å². The fraction of sp³-hybridized carbons (Fsp3) is 0.300. The first kappa shape index (κ1) is 23.2. The highest BCUT2D eigenvalue weighted by molar-refractivity contribution is 5.86. The van der Waals surface area contributed by atoms with Crippen molar-refractivity contribution in [2.75, 3.05) is 32.7 Å². The molecule has 1 fully saturated rings. The summed E-state index contributed by atoms with van der Waals surface area (Å²) in [5.41, 5.74) is 4.47. The van der Waals surface area contributed by atoms with E-state index in [-0.39, 0.29) is 11.8 Å². The second-order valence-electron chi connectivity index (χ2n) is 9.21. The maximum Gasteiger partial charge on any atom is 0.223 e. The standard InChI is InChI=1S/C30H33N3O2/c1-2-32-15-17-33(18-16-32)30(34)20-27(28-21-31-29-14-7-6-13-26(28)29)24-11-8-12-25(19-24)35-22-23-9-4-3-5-10-23/h3-14,19,21,27,31H,2,15-18,20,22H2,1H3. The van der Waals surface area contributed by atoms with Gasteiger partial charge in [0.1, 0.15) is 12.4 Å². The Labute approximate surface area is 207 Å². The molecule has 4 aromatic rings. The zero-order chi connectivity index (χ0) is 24.0. The van der Waals surface area contributed by atoms with E-state index < -0.39 is 0 Å². The van der Waals surface area contributed by atoms with Gasteiger partial charge in [-0.15, -0.1) is 0 Å². The average Bonchev–Trinajstić information content (AvgIpc) is 3.35. The van der Waals surface area contributed by atoms with E-state index in [1.807, 2.05) is 41.3 Å². The topological polar surface area (TPSA) is 48.6 Å². The largest absolute Gasteiger partial charge is 0.489 e. The average molecular weight is 468 g/mol. The van der Waals surface area contributed by atoms with Crippen molar-refractivity contribution in [3.63, 3.8) is 0 Å². The number of hydrogen-bond acceptors (Lipinski definition) is 3. The van der Waals surface area contributed by atoms with Crippen molar-refractivity contribution in [1.82, 2.24) is 14.8 Å². The van der Waals surface area contributed by atoms with Crippen LogP contribution in [0.3, 0.4) is 0 Å². The molecule has 0 bridgehead atoms. The number of benzene rings is 3. The number of fused-ring (bicyclic) bond motifs is 1. The Bertz CT molecular complexity index is 1260. The number of amides is 1. The molecule has 1 N–H and O–H groups in total. The summed E-state index contributed by atoms with van der Waals surface area (Å²) in [5.74, 6) is 0.981. The third kappa shape index (κ3) is 5.41. The summed E-state index contributed by atoms with van der Waals surface area (Å²) in [4.78, 5) is 21.3. The molecule has 1 aliphatic heterocycles. The summed E-state index contributed by atoms with van der Waals surface area (Å²) in [6.07, 6.45) is 2.51. The molecule has 5 rings (SSSR count). The molecular weight excluding hydrogens is 434 g/mol. The van der Waals surface area contributed by atoms with E-state index in [2.05, 4.69) is 65.5 Å². The minimum atomic E-state index is -0.0527. The van der Waals surface area contributed by atoms with Gasteiger partial charge in [-0.1, -0.05) is 67.6 Å². The van der Waals surface area contributed by atoms with Crippen molar-refractivity contribution in [2.24, 2.45) is 0 Å². The maximum atomic E-state index is 13.5. The van der Waals surface area contributed by atoms with Crippen LogP contribution in [0.25, 0.3) is 10.9 Å². The van der Waals surface area contributed by atoms with E-state index in [1.54, 1.807) is 0 Å². The molecule has 180 valence electrons. The van der Waals surface area contributed by atoms with Gasteiger partial charge in [-0.25, -0.2) is 0 Å². The first-order valence-corrected chi connectivity index (χ1v) is 12.5. The Kier molecular flexibility index (Phi) is 7.15. The third-order valence-corrected chi connectivity index (χ3v) is 7.06. The molecule has 1 saturated heterocycles. The quantitative estimate of drug-likeness (QED) is 0.376. The zero-order valence-corrected chi connectivity index (χ0v) is 20.3. The van der Waals surface area contributed by atoms with Crippen LogP contribution in [0.1, 0.15) is 36.0 Å². The second kappa shape index (κ2) is 10.8. The molecule has 35 heavy (non-hydrogen) atoms. The van der Waals surface area contributed by atoms with E-state index in [0.717, 1.165) is 66.1 Å². The monoisotopic (exact) mass is 467 g/mol. The number of nitrogens with zero attached hydrogens (tertiary/aromatic N) is 2. The summed E-state index contributed by atoms with van der Waals surface area (Å²) >= 11 is 0. The Morgan fingerprint density at radius 3 is 2.51 bits per heavy atom. The van der Waals surface area contributed by atoms with Crippen molar-refractivity contribution in [2.45, 2.75) is 25.9 Å². The maximum absolute atomic E-state index is 13.5. The van der Waals surface area contributed by atoms with Crippen molar-refractivity contribution in [3.8, 4) is 5.75 Å². The predicted molar refractivity (Wildman–Crippen MR) is 141 cm³/mol. The lowest BCUT2D eigenvalue weighted by atomic mass is 9.87. The van der Waals surface area contributed by atoms with E-state index >= 15 is 0 Å². The van der Waals surface area contributed by atoms with Gasteiger partial charge in [0.2, 0.25) is 5.91 Å². The normalized spacial score (nSPS) is 15.3. The number of rotatable bonds is 8. The molecular formula is C30H33N3O2. The number of likely N-dealkylation sites (N-methyl/N-ethyl adjacent to an activating group) is 1. The number of nitrogens with one attached hydrogen (secondary N) is 1. The molecule has 0 aliphatic carbocycles. The van der Waals surface area contributed by atoms with Gasteiger partial charge in [0.15, 0.2) is 0 Å². The summed E-state index contributed by atoms with van der Waals surface area (Å²) in [7, 11) is 0. The van der Waals surface area contributed by atoms with Gasteiger partial charge >= 0.3 is 0 Å². The number of carbonyl (C=O) groups excluding carboxylic acids is 1. The highest BCUT2D eigenvalue weighted by Crippen LogP contribution is 2.35. The molecule has 1 unspecified atom stereocenters. The number of aromatic amines is 1. The Morgan fingerprint density at radius 1 is 0.943 bits per heavy atom. The minimum Gasteiger partial charge on any atom is -0.489 e. The minimum absolute atomic E-state index is 0.0527. The van der Waals surface area contributed by atoms with Crippen molar-refractivity contribution < 1.29 is 9.53 Å². The van der Waals surface area contributed by atoms with Gasteiger partial charge in [-0.3, -0.25) is 4.79 Å². The first-order chi connectivity index (χ1) is 17.2. The van der Waals surface area contributed by atoms with Crippen LogP contribution < -0.4 is 4.74 Å². The van der Waals surface area contributed by atoms with Gasteiger partial charge in [-0.2, -0.15) is 0 Å². The zero-order valence-electron chi connectivity index (χ0n) is 20.3. The Morgan fingerprint density at radius 2 is 1.71 bits per heavy atom. The third-order valence-electron chi connectivity index (χ3n) is 7.06. The molecule has 2 heterocycles. The molecule has 1 aliphatic rings. The van der Waals surface area contributed by atoms with Crippen LogP contribution in [-0.2, 0) is 11.4 Å². The van der Waals surface area contributed by atoms with Crippen LogP contribution in [0.4, 0.5) is 0 Å². The number of ether oxygens (including phenoxy) is 1. The van der Waals surface area contributed by atoms with Crippen LogP contribution in [0, 0.1) is 0 Å². The number of aromatic nitrogens is 1. The van der Waals surface area contributed by atoms with Crippen LogP contribution in [0.2, 0.25) is 0 Å². The van der Waals surface area contributed by atoms with Crippen molar-refractivity contribution >= 4 is 16.8 Å². The molecule has 5 heteroatoms. The van der Waals surface area contributed by atoms with Crippen LogP contribution in [0.5, 0.6) is 5.75 Å². The van der Waals surface area contributed by atoms with Gasteiger partial charge in [-0.05, 0) is 41.4 Å². The van der Waals surface area contributed by atoms with Crippen LogP contribution in [0.15, 0.2) is 85.1 Å². The molecule has 0 radical (unpaired) electrons.